The van der Waals surface area contributed by atoms with Crippen LogP contribution in [0.2, 0.25) is 5.02 Å². The Morgan fingerprint density at radius 2 is 1.85 bits per heavy atom. The van der Waals surface area contributed by atoms with Gasteiger partial charge in [-0.2, -0.15) is 9.78 Å². The van der Waals surface area contributed by atoms with Crippen LogP contribution in [0.4, 0.5) is 11.4 Å². The number of carbonyl (C=O) groups is 1. The lowest BCUT2D eigenvalue weighted by Gasteiger charge is -2.14. The minimum absolute atomic E-state index is 0.209. The van der Waals surface area contributed by atoms with E-state index in [1.165, 1.54) is 10.9 Å². The smallest absolute Gasteiger partial charge is 0.299 e. The fourth-order valence-electron chi connectivity index (χ4n) is 3.25. The number of aromatic nitrogens is 3. The summed E-state index contributed by atoms with van der Waals surface area (Å²) in [6, 6.07) is 17.3. The van der Waals surface area contributed by atoms with Gasteiger partial charge in [-0.15, -0.1) is 0 Å². The predicted molar refractivity (Wildman–Crippen MR) is 131 cm³/mol. The van der Waals surface area contributed by atoms with Gasteiger partial charge in [0.1, 0.15) is 0 Å². The summed E-state index contributed by atoms with van der Waals surface area (Å²) < 4.78 is 6.88. The molecule has 9 heteroatoms. The SMILES string of the molecule is CCOc1cnn(-c2ccc(Cl)cc2)c(=O)c1Nc1cccc(C(=O)NCc2ccncc2)c1. The van der Waals surface area contributed by atoms with Gasteiger partial charge in [0.2, 0.25) is 0 Å². The molecule has 2 heterocycles. The van der Waals surface area contributed by atoms with Crippen molar-refractivity contribution in [1.82, 2.24) is 20.1 Å². The van der Waals surface area contributed by atoms with Gasteiger partial charge in [-0.1, -0.05) is 17.7 Å². The Balaban J connectivity index is 1.60. The number of hydrogen-bond donors (Lipinski definition) is 2. The van der Waals surface area contributed by atoms with Gasteiger partial charge in [0.05, 0.1) is 18.5 Å². The molecule has 0 spiro atoms. The summed E-state index contributed by atoms with van der Waals surface area (Å²) in [5.74, 6) is 0.0732. The molecular weight excluding hydrogens is 454 g/mol. The molecule has 0 aliphatic rings. The van der Waals surface area contributed by atoms with Crippen molar-refractivity contribution in [3.63, 3.8) is 0 Å². The molecule has 1 amide bonds. The van der Waals surface area contributed by atoms with Gasteiger partial charge in [0, 0.05) is 35.2 Å². The number of nitrogens with one attached hydrogen (secondary N) is 2. The molecule has 0 atom stereocenters. The van der Waals surface area contributed by atoms with Crippen molar-refractivity contribution in [2.45, 2.75) is 13.5 Å². The number of halogens is 1. The van der Waals surface area contributed by atoms with Crippen LogP contribution in [0.15, 0.2) is 84.0 Å². The fraction of sp³-hybridized carbons (Fsp3) is 0.120. The van der Waals surface area contributed by atoms with E-state index < -0.39 is 5.56 Å². The molecule has 0 bridgehead atoms. The second-order valence-corrected chi connectivity index (χ2v) is 7.69. The van der Waals surface area contributed by atoms with E-state index in [1.54, 1.807) is 60.9 Å². The Labute approximate surface area is 201 Å². The van der Waals surface area contributed by atoms with Gasteiger partial charge in [-0.05, 0) is 67.1 Å². The molecular formula is C25H22ClN5O3. The third kappa shape index (κ3) is 5.41. The normalized spacial score (nSPS) is 10.5. The number of ether oxygens (including phenoxy) is 1. The van der Waals surface area contributed by atoms with Gasteiger partial charge < -0.3 is 15.4 Å². The van der Waals surface area contributed by atoms with Crippen molar-refractivity contribution in [3.8, 4) is 11.4 Å². The highest BCUT2D eigenvalue weighted by Crippen LogP contribution is 2.25. The van der Waals surface area contributed by atoms with Gasteiger partial charge >= 0.3 is 0 Å². The van der Waals surface area contributed by atoms with Crippen molar-refractivity contribution in [2.75, 3.05) is 11.9 Å². The van der Waals surface area contributed by atoms with Crippen LogP contribution in [-0.2, 0) is 6.54 Å². The molecule has 0 radical (unpaired) electrons. The highest BCUT2D eigenvalue weighted by atomic mass is 35.5. The summed E-state index contributed by atoms with van der Waals surface area (Å²) in [5.41, 5.74) is 2.32. The average molecular weight is 476 g/mol. The second kappa shape index (κ2) is 10.6. The zero-order chi connectivity index (χ0) is 23.9. The monoisotopic (exact) mass is 475 g/mol. The predicted octanol–water partition coefficient (Wildman–Crippen LogP) is 4.35. The molecule has 0 fully saturated rings. The highest BCUT2D eigenvalue weighted by Gasteiger charge is 2.15. The third-order valence-corrected chi connectivity index (χ3v) is 5.16. The Bertz CT molecular complexity index is 1340. The first-order valence-corrected chi connectivity index (χ1v) is 11.0. The topological polar surface area (TPSA) is 98.1 Å². The second-order valence-electron chi connectivity index (χ2n) is 7.25. The van der Waals surface area contributed by atoms with Crippen molar-refractivity contribution in [1.29, 1.82) is 0 Å². The molecule has 172 valence electrons. The molecule has 8 nitrogen and oxygen atoms in total. The van der Waals surface area contributed by atoms with Crippen LogP contribution in [0.5, 0.6) is 5.75 Å². The summed E-state index contributed by atoms with van der Waals surface area (Å²) in [5, 5.41) is 10.8. The van der Waals surface area contributed by atoms with Crippen molar-refractivity contribution < 1.29 is 9.53 Å². The first kappa shape index (κ1) is 23.0. The molecule has 4 aromatic rings. The van der Waals surface area contributed by atoms with E-state index in [0.717, 1.165) is 5.56 Å². The van der Waals surface area contributed by atoms with Gasteiger partial charge in [0.25, 0.3) is 11.5 Å². The van der Waals surface area contributed by atoms with E-state index >= 15 is 0 Å². The van der Waals surface area contributed by atoms with Crippen molar-refractivity contribution >= 4 is 28.9 Å². The van der Waals surface area contributed by atoms with Crippen LogP contribution in [0.1, 0.15) is 22.8 Å². The molecule has 0 unspecified atom stereocenters. The largest absolute Gasteiger partial charge is 0.490 e. The first-order valence-electron chi connectivity index (χ1n) is 10.6. The standard InChI is InChI=1S/C25H22ClN5O3/c1-2-34-22-16-29-31(21-8-6-19(26)7-9-21)25(33)23(22)30-20-5-3-4-18(14-20)24(32)28-15-17-10-12-27-13-11-17/h3-14,16,30H,2,15H2,1H3,(H,28,32). The molecule has 0 saturated heterocycles. The minimum atomic E-state index is -0.402. The highest BCUT2D eigenvalue weighted by molar-refractivity contribution is 6.30. The zero-order valence-electron chi connectivity index (χ0n) is 18.4. The summed E-state index contributed by atoms with van der Waals surface area (Å²) in [4.78, 5) is 29.9. The number of benzene rings is 2. The summed E-state index contributed by atoms with van der Waals surface area (Å²) in [7, 11) is 0. The molecule has 2 aromatic carbocycles. The lowest BCUT2D eigenvalue weighted by atomic mass is 10.1. The zero-order valence-corrected chi connectivity index (χ0v) is 19.1. The number of amides is 1. The Morgan fingerprint density at radius 3 is 2.59 bits per heavy atom. The maximum Gasteiger partial charge on any atom is 0.299 e. The molecule has 0 saturated carbocycles. The van der Waals surface area contributed by atoms with Crippen LogP contribution >= 0.6 is 11.6 Å². The molecule has 2 aromatic heterocycles. The lowest BCUT2D eigenvalue weighted by Crippen LogP contribution is -2.25. The maximum absolute atomic E-state index is 13.3. The number of anilines is 2. The van der Waals surface area contributed by atoms with E-state index in [0.29, 0.717) is 40.9 Å². The van der Waals surface area contributed by atoms with Crippen molar-refractivity contribution in [2.24, 2.45) is 0 Å². The Hall–Kier alpha value is -4.17. The van der Waals surface area contributed by atoms with E-state index in [-0.39, 0.29) is 11.6 Å². The molecule has 34 heavy (non-hydrogen) atoms. The van der Waals surface area contributed by atoms with Crippen LogP contribution in [-0.4, -0.2) is 27.3 Å². The molecule has 4 rings (SSSR count). The third-order valence-electron chi connectivity index (χ3n) is 4.91. The van der Waals surface area contributed by atoms with Crippen LogP contribution in [0.25, 0.3) is 5.69 Å². The van der Waals surface area contributed by atoms with Crippen LogP contribution in [0.3, 0.4) is 0 Å². The fourth-order valence-corrected chi connectivity index (χ4v) is 3.38. The Kier molecular flexibility index (Phi) is 7.19. The van der Waals surface area contributed by atoms with Crippen molar-refractivity contribution in [3.05, 3.63) is 106 Å². The molecule has 0 aliphatic carbocycles. The minimum Gasteiger partial charge on any atom is -0.490 e. The van der Waals surface area contributed by atoms with E-state index in [4.69, 9.17) is 16.3 Å². The van der Waals surface area contributed by atoms with E-state index in [9.17, 15) is 9.59 Å². The summed E-state index contributed by atoms with van der Waals surface area (Å²) >= 11 is 5.97. The average Bonchev–Trinajstić information content (AvgIpc) is 2.86. The van der Waals surface area contributed by atoms with Crippen LogP contribution < -0.4 is 20.9 Å². The summed E-state index contributed by atoms with van der Waals surface area (Å²) in [6.07, 6.45) is 4.83. The van der Waals surface area contributed by atoms with Gasteiger partial charge in [-0.3, -0.25) is 14.6 Å². The number of pyridine rings is 1. The first-order chi connectivity index (χ1) is 16.5. The van der Waals surface area contributed by atoms with Gasteiger partial charge in [-0.25, -0.2) is 0 Å². The summed E-state index contributed by atoms with van der Waals surface area (Å²) in [6.45, 7) is 2.56. The van der Waals surface area contributed by atoms with Crippen LogP contribution in [0, 0.1) is 0 Å². The van der Waals surface area contributed by atoms with E-state index in [1.807, 2.05) is 19.1 Å². The van der Waals surface area contributed by atoms with E-state index in [2.05, 4.69) is 20.7 Å². The molecule has 0 aliphatic heterocycles. The number of hydrogen-bond acceptors (Lipinski definition) is 6. The Morgan fingerprint density at radius 1 is 1.09 bits per heavy atom. The van der Waals surface area contributed by atoms with Gasteiger partial charge in [0.15, 0.2) is 11.4 Å². The number of nitrogens with zero attached hydrogens (tertiary/aromatic N) is 3. The maximum atomic E-state index is 13.3. The quantitative estimate of drug-likeness (QED) is 0.393. The number of carbonyl (C=O) groups excluding carboxylic acids is 1. The molecule has 2 N–H and O–H groups in total. The lowest BCUT2D eigenvalue weighted by molar-refractivity contribution is 0.0951. The number of rotatable bonds is 8.